The summed E-state index contributed by atoms with van der Waals surface area (Å²) >= 11 is 0. The molecule has 0 spiro atoms. The van der Waals surface area contributed by atoms with Gasteiger partial charge in [-0.2, -0.15) is 0 Å². The highest BCUT2D eigenvalue weighted by molar-refractivity contribution is 6.00. The SMILES string of the molecule is CCN(c1cccc(C)c1)c1nc(-c2ccccc2)ncc1C(=O)N1CCN(C(=O)c2ccco2)CC1. The third-order valence-corrected chi connectivity index (χ3v) is 6.50. The number of hydrogen-bond donors (Lipinski definition) is 0. The van der Waals surface area contributed by atoms with Crippen molar-refractivity contribution in [2.45, 2.75) is 13.8 Å². The lowest BCUT2D eigenvalue weighted by atomic mass is 10.1. The van der Waals surface area contributed by atoms with Crippen LogP contribution in [-0.4, -0.2) is 64.3 Å². The molecule has 2 aromatic heterocycles. The number of rotatable bonds is 6. The summed E-state index contributed by atoms with van der Waals surface area (Å²) in [7, 11) is 0. The lowest BCUT2D eigenvalue weighted by Gasteiger charge is -2.35. The van der Waals surface area contributed by atoms with Crippen LogP contribution in [0, 0.1) is 6.92 Å². The van der Waals surface area contributed by atoms with Crippen molar-refractivity contribution in [3.63, 3.8) is 0 Å². The highest BCUT2D eigenvalue weighted by atomic mass is 16.3. The van der Waals surface area contributed by atoms with E-state index < -0.39 is 0 Å². The predicted octanol–water partition coefficient (Wildman–Crippen LogP) is 4.80. The van der Waals surface area contributed by atoms with Crippen molar-refractivity contribution in [1.29, 1.82) is 0 Å². The van der Waals surface area contributed by atoms with Crippen LogP contribution < -0.4 is 4.90 Å². The van der Waals surface area contributed by atoms with Gasteiger partial charge in [0.1, 0.15) is 11.4 Å². The lowest BCUT2D eigenvalue weighted by molar-refractivity contribution is 0.0518. The minimum Gasteiger partial charge on any atom is -0.459 e. The summed E-state index contributed by atoms with van der Waals surface area (Å²) in [5.41, 5.74) is 3.41. The number of piperazine rings is 1. The van der Waals surface area contributed by atoms with Gasteiger partial charge in [0.15, 0.2) is 11.6 Å². The smallest absolute Gasteiger partial charge is 0.289 e. The van der Waals surface area contributed by atoms with Crippen LogP contribution in [-0.2, 0) is 0 Å². The highest BCUT2D eigenvalue weighted by Gasteiger charge is 2.29. The van der Waals surface area contributed by atoms with Gasteiger partial charge in [-0.15, -0.1) is 0 Å². The maximum atomic E-state index is 13.8. The van der Waals surface area contributed by atoms with Crippen LogP contribution in [0.2, 0.25) is 0 Å². The molecule has 0 saturated carbocycles. The summed E-state index contributed by atoms with van der Waals surface area (Å²) in [6, 6.07) is 21.3. The summed E-state index contributed by atoms with van der Waals surface area (Å²) in [6.07, 6.45) is 3.12. The average Bonchev–Trinajstić information content (AvgIpc) is 3.49. The van der Waals surface area contributed by atoms with E-state index in [4.69, 9.17) is 9.40 Å². The summed E-state index contributed by atoms with van der Waals surface area (Å²) in [5.74, 6) is 1.13. The number of anilines is 2. The molecular weight excluding hydrogens is 466 g/mol. The number of carbonyl (C=O) groups excluding carboxylic acids is 2. The molecule has 1 aliphatic rings. The van der Waals surface area contributed by atoms with Crippen LogP contribution in [0.5, 0.6) is 0 Å². The van der Waals surface area contributed by atoms with E-state index in [1.54, 1.807) is 28.1 Å². The van der Waals surface area contributed by atoms with E-state index in [1.807, 2.05) is 67.3 Å². The van der Waals surface area contributed by atoms with Crippen molar-refractivity contribution in [3.8, 4) is 11.4 Å². The van der Waals surface area contributed by atoms with E-state index in [1.165, 1.54) is 6.26 Å². The molecule has 2 amide bonds. The van der Waals surface area contributed by atoms with Crippen molar-refractivity contribution in [2.24, 2.45) is 0 Å². The van der Waals surface area contributed by atoms with E-state index in [0.29, 0.717) is 55.7 Å². The second-order valence-corrected chi connectivity index (χ2v) is 8.94. The fourth-order valence-electron chi connectivity index (χ4n) is 4.55. The summed E-state index contributed by atoms with van der Waals surface area (Å²) in [4.78, 5) is 41.4. The first-order chi connectivity index (χ1) is 18.0. The molecule has 0 atom stereocenters. The maximum absolute atomic E-state index is 13.8. The van der Waals surface area contributed by atoms with Crippen LogP contribution in [0.3, 0.4) is 0 Å². The van der Waals surface area contributed by atoms with E-state index in [2.05, 4.69) is 11.1 Å². The van der Waals surface area contributed by atoms with Crippen LogP contribution in [0.4, 0.5) is 11.5 Å². The number of amides is 2. The molecule has 4 aromatic rings. The van der Waals surface area contributed by atoms with Crippen molar-refractivity contribution in [3.05, 3.63) is 96.1 Å². The number of furan rings is 1. The molecule has 1 aliphatic heterocycles. The van der Waals surface area contributed by atoms with Gasteiger partial charge in [0.25, 0.3) is 11.8 Å². The topological polar surface area (TPSA) is 82.8 Å². The summed E-state index contributed by atoms with van der Waals surface area (Å²) in [6.45, 7) is 6.41. The minimum absolute atomic E-state index is 0.147. The van der Waals surface area contributed by atoms with Gasteiger partial charge in [-0.3, -0.25) is 9.59 Å². The Balaban J connectivity index is 1.45. The monoisotopic (exact) mass is 495 g/mol. The Labute approximate surface area is 216 Å². The molecule has 0 aliphatic carbocycles. The fourth-order valence-corrected chi connectivity index (χ4v) is 4.55. The molecule has 8 nitrogen and oxygen atoms in total. The summed E-state index contributed by atoms with van der Waals surface area (Å²) in [5, 5.41) is 0. The van der Waals surface area contributed by atoms with Crippen LogP contribution >= 0.6 is 0 Å². The first-order valence-corrected chi connectivity index (χ1v) is 12.4. The third-order valence-electron chi connectivity index (χ3n) is 6.50. The van der Waals surface area contributed by atoms with Gasteiger partial charge >= 0.3 is 0 Å². The molecule has 0 N–H and O–H groups in total. The lowest BCUT2D eigenvalue weighted by Crippen LogP contribution is -2.50. The number of hydrogen-bond acceptors (Lipinski definition) is 6. The van der Waals surface area contributed by atoms with Crippen LogP contribution in [0.1, 0.15) is 33.4 Å². The highest BCUT2D eigenvalue weighted by Crippen LogP contribution is 2.30. The quantitative estimate of drug-likeness (QED) is 0.382. The molecule has 0 unspecified atom stereocenters. The fraction of sp³-hybridized carbons (Fsp3) is 0.241. The van der Waals surface area contributed by atoms with E-state index >= 15 is 0 Å². The van der Waals surface area contributed by atoms with Gasteiger partial charge in [0.05, 0.1) is 6.26 Å². The van der Waals surface area contributed by atoms with Gasteiger partial charge in [0.2, 0.25) is 0 Å². The van der Waals surface area contributed by atoms with Crippen molar-refractivity contribution in [2.75, 3.05) is 37.6 Å². The first-order valence-electron chi connectivity index (χ1n) is 12.4. The van der Waals surface area contributed by atoms with Crippen LogP contribution in [0.25, 0.3) is 11.4 Å². The second-order valence-electron chi connectivity index (χ2n) is 8.94. The van der Waals surface area contributed by atoms with E-state index in [9.17, 15) is 9.59 Å². The Morgan fingerprint density at radius 1 is 0.919 bits per heavy atom. The number of aromatic nitrogens is 2. The number of carbonyl (C=O) groups is 2. The number of nitrogens with zero attached hydrogens (tertiary/aromatic N) is 5. The maximum Gasteiger partial charge on any atom is 0.289 e. The Morgan fingerprint density at radius 3 is 2.30 bits per heavy atom. The Kier molecular flexibility index (Phi) is 6.98. The Hall–Kier alpha value is -4.46. The molecule has 1 saturated heterocycles. The Morgan fingerprint density at radius 2 is 1.65 bits per heavy atom. The zero-order valence-electron chi connectivity index (χ0n) is 21.0. The van der Waals surface area contributed by atoms with E-state index in [-0.39, 0.29) is 11.8 Å². The molecule has 37 heavy (non-hydrogen) atoms. The van der Waals surface area contributed by atoms with Gasteiger partial charge in [0, 0.05) is 50.2 Å². The zero-order valence-corrected chi connectivity index (χ0v) is 21.0. The van der Waals surface area contributed by atoms with Crippen molar-refractivity contribution < 1.29 is 14.0 Å². The number of aryl methyl sites for hydroxylation is 1. The summed E-state index contributed by atoms with van der Waals surface area (Å²) < 4.78 is 5.25. The molecule has 8 heteroatoms. The van der Waals surface area contributed by atoms with E-state index in [0.717, 1.165) is 16.8 Å². The third kappa shape index (κ3) is 5.09. The molecule has 1 fully saturated rings. The van der Waals surface area contributed by atoms with Crippen LogP contribution in [0.15, 0.2) is 83.6 Å². The molecule has 188 valence electrons. The van der Waals surface area contributed by atoms with Gasteiger partial charge in [-0.25, -0.2) is 9.97 Å². The van der Waals surface area contributed by atoms with Crippen molar-refractivity contribution >= 4 is 23.3 Å². The minimum atomic E-state index is -0.162. The van der Waals surface area contributed by atoms with Crippen molar-refractivity contribution in [1.82, 2.24) is 19.8 Å². The van der Waals surface area contributed by atoms with Gasteiger partial charge in [-0.05, 0) is 43.7 Å². The standard InChI is InChI=1S/C29H29N5O3/c1-3-34(23-12-7-9-21(2)19-23)27-24(20-30-26(31-27)22-10-5-4-6-11-22)28(35)32-14-16-33(17-15-32)29(36)25-13-8-18-37-25/h4-13,18-20H,3,14-17H2,1-2H3. The molecule has 2 aromatic carbocycles. The molecule has 5 rings (SSSR count). The predicted molar refractivity (Wildman–Crippen MR) is 142 cm³/mol. The zero-order chi connectivity index (χ0) is 25.8. The molecular formula is C29H29N5O3. The second kappa shape index (κ2) is 10.7. The largest absolute Gasteiger partial charge is 0.459 e. The van der Waals surface area contributed by atoms with Gasteiger partial charge < -0.3 is 19.1 Å². The molecule has 0 bridgehead atoms. The Bertz CT molecular complexity index is 1380. The molecule has 3 heterocycles. The normalized spacial score (nSPS) is 13.5. The van der Waals surface area contributed by atoms with Gasteiger partial charge in [-0.1, -0.05) is 42.5 Å². The number of benzene rings is 2. The average molecular weight is 496 g/mol. The first kappa shape index (κ1) is 24.2. The molecule has 0 radical (unpaired) electrons.